The SMILES string of the molecule is Cc1nc2cc(F)c(F)cc2c(=O)n1-c1cc(C(C)(C)C)on1. The van der Waals surface area contributed by atoms with Gasteiger partial charge in [0.1, 0.15) is 11.6 Å². The molecule has 0 amide bonds. The first kappa shape index (κ1) is 15.3. The van der Waals surface area contributed by atoms with Crippen molar-refractivity contribution in [1.29, 1.82) is 0 Å². The molecule has 0 fully saturated rings. The van der Waals surface area contributed by atoms with E-state index in [4.69, 9.17) is 4.52 Å². The second-order valence-electron chi connectivity index (χ2n) is 6.38. The van der Waals surface area contributed by atoms with Gasteiger partial charge < -0.3 is 4.52 Å². The normalized spacial score (nSPS) is 12.1. The standard InChI is InChI=1S/C16H15F2N3O2/c1-8-19-12-6-11(18)10(17)5-9(12)15(22)21(8)14-7-13(23-20-14)16(2,3)4/h5-7H,1-4H3. The van der Waals surface area contributed by atoms with Crippen LogP contribution in [0.15, 0.2) is 27.5 Å². The summed E-state index contributed by atoms with van der Waals surface area (Å²) in [7, 11) is 0. The average Bonchev–Trinajstić information content (AvgIpc) is 2.91. The smallest absolute Gasteiger partial charge is 0.267 e. The number of benzene rings is 1. The second kappa shape index (κ2) is 4.97. The molecular weight excluding hydrogens is 304 g/mol. The van der Waals surface area contributed by atoms with Gasteiger partial charge in [-0.15, -0.1) is 0 Å². The van der Waals surface area contributed by atoms with Crippen molar-refractivity contribution in [3.8, 4) is 5.82 Å². The van der Waals surface area contributed by atoms with Crippen LogP contribution in [0.1, 0.15) is 32.4 Å². The first-order chi connectivity index (χ1) is 10.7. The fourth-order valence-corrected chi connectivity index (χ4v) is 2.29. The summed E-state index contributed by atoms with van der Waals surface area (Å²) in [5.74, 6) is -0.969. The largest absolute Gasteiger partial charge is 0.359 e. The third-order valence-electron chi connectivity index (χ3n) is 3.54. The highest BCUT2D eigenvalue weighted by Gasteiger charge is 2.22. The summed E-state index contributed by atoms with van der Waals surface area (Å²) in [5.41, 5.74) is -0.704. The summed E-state index contributed by atoms with van der Waals surface area (Å²) in [6.07, 6.45) is 0. The number of aromatic nitrogens is 3. The van der Waals surface area contributed by atoms with E-state index in [2.05, 4.69) is 10.1 Å². The van der Waals surface area contributed by atoms with E-state index in [1.807, 2.05) is 20.8 Å². The number of aryl methyl sites for hydroxylation is 1. The lowest BCUT2D eigenvalue weighted by molar-refractivity contribution is 0.328. The van der Waals surface area contributed by atoms with E-state index < -0.39 is 17.2 Å². The van der Waals surface area contributed by atoms with Gasteiger partial charge in [-0.25, -0.2) is 18.3 Å². The van der Waals surface area contributed by atoms with Crippen LogP contribution in [0.2, 0.25) is 0 Å². The van der Waals surface area contributed by atoms with Crippen molar-refractivity contribution in [1.82, 2.24) is 14.7 Å². The molecule has 0 N–H and O–H groups in total. The molecule has 23 heavy (non-hydrogen) atoms. The van der Waals surface area contributed by atoms with Crippen LogP contribution >= 0.6 is 0 Å². The van der Waals surface area contributed by atoms with Crippen LogP contribution in [0, 0.1) is 18.6 Å². The molecule has 3 aromatic rings. The fourth-order valence-electron chi connectivity index (χ4n) is 2.29. The van der Waals surface area contributed by atoms with Crippen LogP contribution in [0.25, 0.3) is 16.7 Å². The predicted molar refractivity (Wildman–Crippen MR) is 80.8 cm³/mol. The van der Waals surface area contributed by atoms with E-state index in [1.165, 1.54) is 4.57 Å². The van der Waals surface area contributed by atoms with E-state index in [1.54, 1.807) is 13.0 Å². The monoisotopic (exact) mass is 319 g/mol. The van der Waals surface area contributed by atoms with Gasteiger partial charge in [-0.3, -0.25) is 4.79 Å². The number of hydrogen-bond donors (Lipinski definition) is 0. The van der Waals surface area contributed by atoms with Crippen molar-refractivity contribution >= 4 is 10.9 Å². The topological polar surface area (TPSA) is 60.9 Å². The van der Waals surface area contributed by atoms with Crippen molar-refractivity contribution in [3.05, 3.63) is 51.8 Å². The second-order valence-corrected chi connectivity index (χ2v) is 6.38. The molecule has 5 nitrogen and oxygen atoms in total. The fraction of sp³-hybridized carbons (Fsp3) is 0.312. The Morgan fingerprint density at radius 1 is 1.13 bits per heavy atom. The number of nitrogens with zero attached hydrogens (tertiary/aromatic N) is 3. The lowest BCUT2D eigenvalue weighted by Crippen LogP contribution is -2.23. The molecule has 120 valence electrons. The molecule has 0 atom stereocenters. The number of halogens is 2. The molecule has 0 radical (unpaired) electrons. The maximum atomic E-state index is 13.4. The Balaban J connectivity index is 2.28. The molecule has 0 aliphatic heterocycles. The minimum atomic E-state index is -1.10. The summed E-state index contributed by atoms with van der Waals surface area (Å²) >= 11 is 0. The zero-order chi connectivity index (χ0) is 16.9. The van der Waals surface area contributed by atoms with Crippen LogP contribution in [0.5, 0.6) is 0 Å². The third kappa shape index (κ3) is 2.52. The molecule has 0 aliphatic rings. The minimum Gasteiger partial charge on any atom is -0.359 e. The first-order valence-corrected chi connectivity index (χ1v) is 7.04. The van der Waals surface area contributed by atoms with Crippen molar-refractivity contribution in [2.45, 2.75) is 33.1 Å². The lowest BCUT2D eigenvalue weighted by Gasteiger charge is -2.12. The Kier molecular flexibility index (Phi) is 3.31. The molecule has 7 heteroatoms. The Morgan fingerprint density at radius 2 is 1.78 bits per heavy atom. The van der Waals surface area contributed by atoms with E-state index in [9.17, 15) is 13.6 Å². The van der Waals surface area contributed by atoms with E-state index in [0.717, 1.165) is 12.1 Å². The summed E-state index contributed by atoms with van der Waals surface area (Å²) in [4.78, 5) is 16.8. The highest BCUT2D eigenvalue weighted by Crippen LogP contribution is 2.24. The molecule has 0 aliphatic carbocycles. The van der Waals surface area contributed by atoms with Crippen molar-refractivity contribution < 1.29 is 13.3 Å². The van der Waals surface area contributed by atoms with Crippen LogP contribution in [0.3, 0.4) is 0 Å². The number of fused-ring (bicyclic) bond motifs is 1. The van der Waals surface area contributed by atoms with Crippen LogP contribution in [0.4, 0.5) is 8.78 Å². The highest BCUT2D eigenvalue weighted by molar-refractivity contribution is 5.78. The Bertz CT molecular complexity index is 968. The minimum absolute atomic E-state index is 0.0187. The Morgan fingerprint density at radius 3 is 2.39 bits per heavy atom. The molecule has 2 aromatic heterocycles. The van der Waals surface area contributed by atoms with Gasteiger partial charge in [0, 0.05) is 17.5 Å². The Labute approximate surface area is 130 Å². The maximum Gasteiger partial charge on any atom is 0.267 e. The number of hydrogen-bond acceptors (Lipinski definition) is 4. The molecule has 1 aromatic carbocycles. The average molecular weight is 319 g/mol. The summed E-state index contributed by atoms with van der Waals surface area (Å²) in [6, 6.07) is 3.40. The first-order valence-electron chi connectivity index (χ1n) is 7.04. The van der Waals surface area contributed by atoms with Crippen LogP contribution in [-0.4, -0.2) is 14.7 Å². The van der Waals surface area contributed by atoms with Crippen molar-refractivity contribution in [2.75, 3.05) is 0 Å². The van der Waals surface area contributed by atoms with E-state index in [-0.39, 0.29) is 22.1 Å². The zero-order valence-electron chi connectivity index (χ0n) is 13.1. The van der Waals surface area contributed by atoms with Gasteiger partial charge in [-0.1, -0.05) is 25.9 Å². The van der Waals surface area contributed by atoms with Crippen molar-refractivity contribution in [3.63, 3.8) is 0 Å². The Hall–Kier alpha value is -2.57. The van der Waals surface area contributed by atoms with Crippen LogP contribution in [-0.2, 0) is 5.41 Å². The molecule has 0 spiro atoms. The number of rotatable bonds is 1. The van der Waals surface area contributed by atoms with E-state index in [0.29, 0.717) is 11.6 Å². The third-order valence-corrected chi connectivity index (χ3v) is 3.54. The summed E-state index contributed by atoms with van der Waals surface area (Å²) in [5, 5.41) is 3.88. The molecule has 2 heterocycles. The molecule has 0 saturated carbocycles. The zero-order valence-corrected chi connectivity index (χ0v) is 13.1. The van der Waals surface area contributed by atoms with E-state index >= 15 is 0 Å². The van der Waals surface area contributed by atoms with Gasteiger partial charge in [0.05, 0.1) is 10.9 Å². The van der Waals surface area contributed by atoms with Gasteiger partial charge in [0.2, 0.25) is 0 Å². The summed E-state index contributed by atoms with van der Waals surface area (Å²) in [6.45, 7) is 7.44. The van der Waals surface area contributed by atoms with Gasteiger partial charge in [0.25, 0.3) is 5.56 Å². The van der Waals surface area contributed by atoms with Gasteiger partial charge >= 0.3 is 0 Å². The molecule has 3 rings (SSSR count). The van der Waals surface area contributed by atoms with Gasteiger partial charge in [-0.2, -0.15) is 0 Å². The molecule has 0 bridgehead atoms. The molecular formula is C16H15F2N3O2. The van der Waals surface area contributed by atoms with Crippen LogP contribution < -0.4 is 5.56 Å². The molecule has 0 unspecified atom stereocenters. The molecule has 0 saturated heterocycles. The summed E-state index contributed by atoms with van der Waals surface area (Å²) < 4.78 is 33.3. The predicted octanol–water partition coefficient (Wildman–Crippen LogP) is 3.26. The lowest BCUT2D eigenvalue weighted by atomic mass is 9.93. The maximum absolute atomic E-state index is 13.4. The van der Waals surface area contributed by atoms with Gasteiger partial charge in [0.15, 0.2) is 17.5 Å². The van der Waals surface area contributed by atoms with Gasteiger partial charge in [-0.05, 0) is 13.0 Å². The quantitative estimate of drug-likeness (QED) is 0.691. The van der Waals surface area contributed by atoms with Crippen molar-refractivity contribution in [2.24, 2.45) is 0 Å². The highest BCUT2D eigenvalue weighted by atomic mass is 19.2.